The molecule has 2 aromatic carbocycles. The van der Waals surface area contributed by atoms with Crippen LogP contribution in [0, 0.1) is 0 Å². The van der Waals surface area contributed by atoms with Gasteiger partial charge in [0.05, 0.1) is 17.4 Å². The van der Waals surface area contributed by atoms with E-state index < -0.39 is 0 Å². The number of nitrogens with zero attached hydrogens (tertiary/aromatic N) is 1. The number of anilines is 1. The van der Waals surface area contributed by atoms with Crippen LogP contribution < -0.4 is 5.32 Å². The smallest absolute Gasteiger partial charge is 0.0962 e. The highest BCUT2D eigenvalue weighted by Gasteiger charge is 2.07. The van der Waals surface area contributed by atoms with Gasteiger partial charge in [-0.3, -0.25) is 0 Å². The summed E-state index contributed by atoms with van der Waals surface area (Å²) in [5.74, 6) is 0. The SMILES string of the molecule is CNc1cc(-c2ccccc2)c2nc[nH]c2c1. The average molecular weight is 223 g/mol. The Kier molecular flexibility index (Phi) is 2.29. The van der Waals surface area contributed by atoms with Crippen molar-refractivity contribution in [1.29, 1.82) is 0 Å². The first kappa shape index (κ1) is 9.90. The summed E-state index contributed by atoms with van der Waals surface area (Å²) in [5, 5.41) is 3.17. The molecule has 0 saturated heterocycles. The van der Waals surface area contributed by atoms with Gasteiger partial charge in [0.15, 0.2) is 0 Å². The molecule has 0 bridgehead atoms. The molecule has 1 aromatic heterocycles. The van der Waals surface area contributed by atoms with Gasteiger partial charge in [0.1, 0.15) is 0 Å². The lowest BCUT2D eigenvalue weighted by Crippen LogP contribution is -1.89. The number of aromatic nitrogens is 2. The van der Waals surface area contributed by atoms with E-state index in [1.165, 1.54) is 5.56 Å². The normalized spacial score (nSPS) is 10.6. The number of fused-ring (bicyclic) bond motifs is 1. The molecule has 0 amide bonds. The fourth-order valence-corrected chi connectivity index (χ4v) is 2.03. The van der Waals surface area contributed by atoms with Crippen molar-refractivity contribution < 1.29 is 0 Å². The van der Waals surface area contributed by atoms with Gasteiger partial charge in [-0.1, -0.05) is 30.3 Å². The number of hydrogen-bond acceptors (Lipinski definition) is 2. The molecule has 3 rings (SSSR count). The number of nitrogens with one attached hydrogen (secondary N) is 2. The molecule has 1 heterocycles. The topological polar surface area (TPSA) is 40.7 Å². The van der Waals surface area contributed by atoms with Crippen molar-refractivity contribution in [3.63, 3.8) is 0 Å². The summed E-state index contributed by atoms with van der Waals surface area (Å²) >= 11 is 0. The van der Waals surface area contributed by atoms with Gasteiger partial charge in [-0.2, -0.15) is 0 Å². The highest BCUT2D eigenvalue weighted by Crippen LogP contribution is 2.29. The van der Waals surface area contributed by atoms with Crippen molar-refractivity contribution in [2.45, 2.75) is 0 Å². The maximum Gasteiger partial charge on any atom is 0.0962 e. The van der Waals surface area contributed by atoms with Gasteiger partial charge in [-0.25, -0.2) is 4.98 Å². The van der Waals surface area contributed by atoms with Gasteiger partial charge in [-0.05, 0) is 17.7 Å². The molecule has 0 unspecified atom stereocenters. The summed E-state index contributed by atoms with van der Waals surface area (Å²) in [6.45, 7) is 0. The molecule has 0 saturated carbocycles. The largest absolute Gasteiger partial charge is 0.388 e. The highest BCUT2D eigenvalue weighted by atomic mass is 14.9. The van der Waals surface area contributed by atoms with Crippen molar-refractivity contribution in [2.24, 2.45) is 0 Å². The quantitative estimate of drug-likeness (QED) is 0.700. The number of benzene rings is 2. The first-order chi connectivity index (χ1) is 8.38. The lowest BCUT2D eigenvalue weighted by Gasteiger charge is -2.06. The maximum absolute atomic E-state index is 4.39. The van der Waals surface area contributed by atoms with Crippen molar-refractivity contribution in [3.8, 4) is 11.1 Å². The first-order valence-corrected chi connectivity index (χ1v) is 5.59. The molecule has 0 fully saturated rings. The fraction of sp³-hybridized carbons (Fsp3) is 0.0714. The molecule has 3 heteroatoms. The molecule has 0 spiro atoms. The van der Waals surface area contributed by atoms with Gasteiger partial charge < -0.3 is 10.3 Å². The molecule has 0 atom stereocenters. The van der Waals surface area contributed by atoms with E-state index in [-0.39, 0.29) is 0 Å². The molecule has 0 aliphatic carbocycles. The van der Waals surface area contributed by atoms with E-state index in [2.05, 4.69) is 39.6 Å². The molecule has 84 valence electrons. The lowest BCUT2D eigenvalue weighted by atomic mass is 10.0. The van der Waals surface area contributed by atoms with Crippen LogP contribution >= 0.6 is 0 Å². The van der Waals surface area contributed by atoms with Crippen LogP contribution in [0.1, 0.15) is 0 Å². The Labute approximate surface area is 99.5 Å². The predicted molar refractivity (Wildman–Crippen MR) is 71.1 cm³/mol. The third-order valence-electron chi connectivity index (χ3n) is 2.90. The van der Waals surface area contributed by atoms with E-state index in [4.69, 9.17) is 0 Å². The minimum absolute atomic E-state index is 1.01. The molecule has 0 radical (unpaired) electrons. The highest BCUT2D eigenvalue weighted by molar-refractivity contribution is 5.94. The van der Waals surface area contributed by atoms with Gasteiger partial charge in [0, 0.05) is 18.3 Å². The van der Waals surface area contributed by atoms with Gasteiger partial charge >= 0.3 is 0 Å². The Morgan fingerprint density at radius 3 is 2.71 bits per heavy atom. The van der Waals surface area contributed by atoms with Crippen molar-refractivity contribution in [1.82, 2.24) is 9.97 Å². The molecule has 3 nitrogen and oxygen atoms in total. The summed E-state index contributed by atoms with van der Waals surface area (Å²) in [7, 11) is 1.92. The summed E-state index contributed by atoms with van der Waals surface area (Å²) in [5.41, 5.74) is 5.47. The second kappa shape index (κ2) is 3.94. The summed E-state index contributed by atoms with van der Waals surface area (Å²) < 4.78 is 0. The zero-order valence-corrected chi connectivity index (χ0v) is 9.57. The van der Waals surface area contributed by atoms with Crippen LogP contribution in [-0.2, 0) is 0 Å². The molecule has 2 N–H and O–H groups in total. The van der Waals surface area contributed by atoms with E-state index in [0.29, 0.717) is 0 Å². The maximum atomic E-state index is 4.39. The van der Waals surface area contributed by atoms with Crippen LogP contribution in [0.15, 0.2) is 48.8 Å². The van der Waals surface area contributed by atoms with E-state index in [9.17, 15) is 0 Å². The number of rotatable bonds is 2. The van der Waals surface area contributed by atoms with Gasteiger partial charge in [0.25, 0.3) is 0 Å². The van der Waals surface area contributed by atoms with E-state index >= 15 is 0 Å². The molecule has 17 heavy (non-hydrogen) atoms. The lowest BCUT2D eigenvalue weighted by molar-refractivity contribution is 1.34. The number of imidazole rings is 1. The van der Waals surface area contributed by atoms with Crippen molar-refractivity contribution in [2.75, 3.05) is 12.4 Å². The summed E-state index contributed by atoms with van der Waals surface area (Å²) in [6.07, 6.45) is 1.73. The fourth-order valence-electron chi connectivity index (χ4n) is 2.03. The predicted octanol–water partition coefficient (Wildman–Crippen LogP) is 3.27. The Morgan fingerprint density at radius 2 is 1.94 bits per heavy atom. The Hall–Kier alpha value is -2.29. The monoisotopic (exact) mass is 223 g/mol. The zero-order chi connectivity index (χ0) is 11.7. The molecular formula is C14H13N3. The second-order valence-electron chi connectivity index (χ2n) is 3.94. The second-order valence-corrected chi connectivity index (χ2v) is 3.94. The Balaban J connectivity index is 2.30. The molecular weight excluding hydrogens is 210 g/mol. The Bertz CT molecular complexity index is 641. The van der Waals surface area contributed by atoms with E-state index in [1.807, 2.05) is 25.2 Å². The average Bonchev–Trinajstić information content (AvgIpc) is 2.86. The molecule has 0 aliphatic heterocycles. The number of aromatic amines is 1. The van der Waals surface area contributed by atoms with Crippen molar-refractivity contribution in [3.05, 3.63) is 48.8 Å². The third kappa shape index (κ3) is 1.65. The molecule has 3 aromatic rings. The van der Waals surface area contributed by atoms with Crippen LogP contribution in [0.2, 0.25) is 0 Å². The standard InChI is InChI=1S/C14H13N3/c1-15-11-7-12(10-5-3-2-4-6-10)14-13(8-11)16-9-17-14/h2-9,15H,1H3,(H,16,17). The van der Waals surface area contributed by atoms with Crippen molar-refractivity contribution >= 4 is 16.7 Å². The minimum atomic E-state index is 1.01. The van der Waals surface area contributed by atoms with Crippen LogP contribution in [-0.4, -0.2) is 17.0 Å². The van der Waals surface area contributed by atoms with Gasteiger partial charge in [-0.15, -0.1) is 0 Å². The van der Waals surface area contributed by atoms with Gasteiger partial charge in [0.2, 0.25) is 0 Å². The number of hydrogen-bond donors (Lipinski definition) is 2. The summed E-state index contributed by atoms with van der Waals surface area (Å²) in [6, 6.07) is 14.5. The van der Waals surface area contributed by atoms with E-state index in [1.54, 1.807) is 6.33 Å². The summed E-state index contributed by atoms with van der Waals surface area (Å²) in [4.78, 5) is 7.54. The van der Waals surface area contributed by atoms with Crippen LogP contribution in [0.4, 0.5) is 5.69 Å². The first-order valence-electron chi connectivity index (χ1n) is 5.59. The third-order valence-corrected chi connectivity index (χ3v) is 2.90. The minimum Gasteiger partial charge on any atom is -0.388 e. The molecule has 0 aliphatic rings. The van der Waals surface area contributed by atoms with Crippen LogP contribution in [0.5, 0.6) is 0 Å². The van der Waals surface area contributed by atoms with E-state index in [0.717, 1.165) is 22.3 Å². The zero-order valence-electron chi connectivity index (χ0n) is 9.57. The Morgan fingerprint density at radius 1 is 1.12 bits per heavy atom. The number of H-pyrrole nitrogens is 1. The van der Waals surface area contributed by atoms with Crippen LogP contribution in [0.3, 0.4) is 0 Å². The van der Waals surface area contributed by atoms with Crippen LogP contribution in [0.25, 0.3) is 22.2 Å².